The number of hydrogen-bond acceptors (Lipinski definition) is 3. The van der Waals surface area contributed by atoms with Crippen molar-refractivity contribution in [1.82, 2.24) is 10.2 Å². The molecule has 0 spiro atoms. The lowest BCUT2D eigenvalue weighted by Gasteiger charge is -2.24. The number of furan rings is 1. The summed E-state index contributed by atoms with van der Waals surface area (Å²) in [5.41, 5.74) is 1.28. The molecule has 2 rings (SSSR count). The van der Waals surface area contributed by atoms with E-state index >= 15 is 0 Å². The van der Waals surface area contributed by atoms with Gasteiger partial charge in [-0.1, -0.05) is 6.92 Å². The average Bonchev–Trinajstić information content (AvgIpc) is 3.11. The van der Waals surface area contributed by atoms with Crippen LogP contribution in [0.15, 0.2) is 10.5 Å². The van der Waals surface area contributed by atoms with Gasteiger partial charge in [-0.15, -0.1) is 0 Å². The van der Waals surface area contributed by atoms with E-state index in [-0.39, 0.29) is 0 Å². The monoisotopic (exact) mass is 264 g/mol. The molecule has 108 valence electrons. The molecule has 19 heavy (non-hydrogen) atoms. The highest BCUT2D eigenvalue weighted by Crippen LogP contribution is 2.22. The van der Waals surface area contributed by atoms with Crippen molar-refractivity contribution in [3.63, 3.8) is 0 Å². The van der Waals surface area contributed by atoms with E-state index in [1.54, 1.807) is 0 Å². The van der Waals surface area contributed by atoms with Crippen LogP contribution < -0.4 is 5.32 Å². The van der Waals surface area contributed by atoms with Crippen molar-refractivity contribution in [2.75, 3.05) is 6.54 Å². The Morgan fingerprint density at radius 3 is 2.74 bits per heavy atom. The minimum atomic E-state index is 0.568. The fourth-order valence-corrected chi connectivity index (χ4v) is 2.38. The van der Waals surface area contributed by atoms with Crippen LogP contribution in [0, 0.1) is 6.92 Å². The third-order valence-electron chi connectivity index (χ3n) is 3.80. The van der Waals surface area contributed by atoms with E-state index < -0.39 is 0 Å². The molecular formula is C16H28N2O. The second-order valence-corrected chi connectivity index (χ2v) is 6.04. The minimum Gasteiger partial charge on any atom is -0.463 e. The van der Waals surface area contributed by atoms with Gasteiger partial charge in [-0.2, -0.15) is 0 Å². The molecule has 0 amide bonds. The van der Waals surface area contributed by atoms with Gasteiger partial charge >= 0.3 is 0 Å². The Balaban J connectivity index is 1.93. The summed E-state index contributed by atoms with van der Waals surface area (Å²) in [6.07, 6.45) is 3.84. The van der Waals surface area contributed by atoms with Gasteiger partial charge in [0.15, 0.2) is 0 Å². The maximum absolute atomic E-state index is 6.02. The summed E-state index contributed by atoms with van der Waals surface area (Å²) in [7, 11) is 0. The van der Waals surface area contributed by atoms with Crippen molar-refractivity contribution in [2.24, 2.45) is 0 Å². The van der Waals surface area contributed by atoms with Crippen molar-refractivity contribution in [3.8, 4) is 0 Å². The zero-order valence-corrected chi connectivity index (χ0v) is 12.8. The molecule has 1 N–H and O–H groups in total. The van der Waals surface area contributed by atoms with Gasteiger partial charge in [-0.25, -0.2) is 0 Å². The van der Waals surface area contributed by atoms with Crippen molar-refractivity contribution < 1.29 is 4.42 Å². The summed E-state index contributed by atoms with van der Waals surface area (Å²) >= 11 is 0. The first-order valence-electron chi connectivity index (χ1n) is 7.65. The van der Waals surface area contributed by atoms with Crippen LogP contribution in [0.4, 0.5) is 0 Å². The van der Waals surface area contributed by atoms with Gasteiger partial charge in [0, 0.05) is 12.1 Å². The molecule has 0 atom stereocenters. The van der Waals surface area contributed by atoms with E-state index in [4.69, 9.17) is 4.42 Å². The van der Waals surface area contributed by atoms with Gasteiger partial charge < -0.3 is 9.73 Å². The Kier molecular flexibility index (Phi) is 5.06. The Morgan fingerprint density at radius 2 is 2.16 bits per heavy atom. The molecule has 1 fully saturated rings. The molecule has 1 aliphatic rings. The van der Waals surface area contributed by atoms with Crippen LogP contribution in [-0.4, -0.2) is 23.5 Å². The molecule has 1 heterocycles. The molecule has 3 nitrogen and oxygen atoms in total. The molecule has 0 unspecified atom stereocenters. The lowest BCUT2D eigenvalue weighted by Crippen LogP contribution is -2.30. The summed E-state index contributed by atoms with van der Waals surface area (Å²) in [4.78, 5) is 2.47. The first-order valence-corrected chi connectivity index (χ1v) is 7.65. The highest BCUT2D eigenvalue weighted by Gasteiger charge is 2.21. The number of nitrogens with one attached hydrogen (secondary N) is 1. The fourth-order valence-electron chi connectivity index (χ4n) is 2.38. The van der Waals surface area contributed by atoms with Crippen molar-refractivity contribution >= 4 is 0 Å². The molecule has 0 saturated heterocycles. The number of rotatable bonds is 8. The zero-order chi connectivity index (χ0) is 13.8. The molecule has 0 radical (unpaired) electrons. The van der Waals surface area contributed by atoms with Crippen LogP contribution in [0.2, 0.25) is 0 Å². The smallest absolute Gasteiger partial charge is 0.120 e. The second kappa shape index (κ2) is 6.58. The standard InChI is InChI=1S/C16H28N2O/c1-5-8-18(12(2)3)11-15-9-13(4)16(19-15)10-17-14-6-7-14/h9,12,14,17H,5-8,10-11H2,1-4H3. The van der Waals surface area contributed by atoms with Crippen LogP contribution in [0.1, 0.15) is 57.1 Å². The van der Waals surface area contributed by atoms with Crippen LogP contribution in [0.25, 0.3) is 0 Å². The van der Waals surface area contributed by atoms with E-state index in [0.717, 1.165) is 37.2 Å². The van der Waals surface area contributed by atoms with Crippen LogP contribution in [0.3, 0.4) is 0 Å². The van der Waals surface area contributed by atoms with Gasteiger partial charge in [-0.05, 0) is 58.2 Å². The topological polar surface area (TPSA) is 28.4 Å². The summed E-state index contributed by atoms with van der Waals surface area (Å²) in [6, 6.07) is 3.51. The van der Waals surface area contributed by atoms with Crippen LogP contribution in [0.5, 0.6) is 0 Å². The van der Waals surface area contributed by atoms with Gasteiger partial charge in [0.25, 0.3) is 0 Å². The molecule has 0 bridgehead atoms. The number of aryl methyl sites for hydroxylation is 1. The molecule has 1 aliphatic carbocycles. The van der Waals surface area contributed by atoms with Gasteiger partial charge in [0.05, 0.1) is 13.1 Å². The van der Waals surface area contributed by atoms with Crippen molar-refractivity contribution in [3.05, 3.63) is 23.2 Å². The third-order valence-corrected chi connectivity index (χ3v) is 3.80. The molecule has 0 aromatic carbocycles. The lowest BCUT2D eigenvalue weighted by atomic mass is 10.2. The van der Waals surface area contributed by atoms with Crippen LogP contribution >= 0.6 is 0 Å². The van der Waals surface area contributed by atoms with Crippen molar-refractivity contribution in [1.29, 1.82) is 0 Å². The van der Waals surface area contributed by atoms with E-state index in [1.165, 1.54) is 24.8 Å². The predicted molar refractivity (Wildman–Crippen MR) is 79.1 cm³/mol. The maximum Gasteiger partial charge on any atom is 0.120 e. The summed E-state index contributed by atoms with van der Waals surface area (Å²) in [5.74, 6) is 2.22. The van der Waals surface area contributed by atoms with Gasteiger partial charge in [-0.3, -0.25) is 4.90 Å². The molecule has 0 aliphatic heterocycles. The molecule has 3 heteroatoms. The Hall–Kier alpha value is -0.800. The lowest BCUT2D eigenvalue weighted by molar-refractivity contribution is 0.195. The quantitative estimate of drug-likeness (QED) is 0.779. The first-order chi connectivity index (χ1) is 9.10. The van der Waals surface area contributed by atoms with Crippen LogP contribution in [-0.2, 0) is 13.1 Å². The largest absolute Gasteiger partial charge is 0.463 e. The second-order valence-electron chi connectivity index (χ2n) is 6.04. The normalized spacial score (nSPS) is 15.7. The number of nitrogens with zero attached hydrogens (tertiary/aromatic N) is 1. The average molecular weight is 264 g/mol. The highest BCUT2D eigenvalue weighted by molar-refractivity contribution is 5.20. The Morgan fingerprint density at radius 1 is 1.42 bits per heavy atom. The first kappa shape index (κ1) is 14.6. The molecular weight excluding hydrogens is 236 g/mol. The zero-order valence-electron chi connectivity index (χ0n) is 12.8. The van der Waals surface area contributed by atoms with Gasteiger partial charge in [0.1, 0.15) is 11.5 Å². The van der Waals surface area contributed by atoms with E-state index in [2.05, 4.69) is 44.0 Å². The Labute approximate surface area is 117 Å². The molecule has 1 aromatic rings. The van der Waals surface area contributed by atoms with E-state index in [0.29, 0.717) is 6.04 Å². The van der Waals surface area contributed by atoms with Gasteiger partial charge in [0.2, 0.25) is 0 Å². The molecule has 1 aromatic heterocycles. The number of hydrogen-bond donors (Lipinski definition) is 1. The Bertz CT molecular complexity index is 393. The summed E-state index contributed by atoms with van der Waals surface area (Å²) < 4.78 is 6.02. The third kappa shape index (κ3) is 4.36. The summed E-state index contributed by atoms with van der Waals surface area (Å²) in [5, 5.41) is 3.52. The summed E-state index contributed by atoms with van der Waals surface area (Å²) in [6.45, 7) is 11.8. The van der Waals surface area contributed by atoms with Crippen molar-refractivity contribution in [2.45, 2.75) is 72.1 Å². The maximum atomic E-state index is 6.02. The predicted octanol–water partition coefficient (Wildman–Crippen LogP) is 3.46. The fraction of sp³-hybridized carbons (Fsp3) is 0.750. The van der Waals surface area contributed by atoms with E-state index in [1.807, 2.05) is 0 Å². The van der Waals surface area contributed by atoms with E-state index in [9.17, 15) is 0 Å². The minimum absolute atomic E-state index is 0.568. The SMILES string of the molecule is CCCN(Cc1cc(C)c(CNC2CC2)o1)C(C)C. The molecule has 1 saturated carbocycles. The highest BCUT2D eigenvalue weighted by atomic mass is 16.3.